The summed E-state index contributed by atoms with van der Waals surface area (Å²) in [7, 11) is 0. The SMILES string of the molecule is CCOc1ccc(N2CCN(CC(=O)NC3CCC(Oc4ccc(C)cn4)CC3)C2=O)cc1. The molecule has 1 aromatic heterocycles. The Labute approximate surface area is 194 Å². The number of ether oxygens (including phenoxy) is 2. The second-order valence-electron chi connectivity index (χ2n) is 8.62. The van der Waals surface area contributed by atoms with Crippen molar-refractivity contribution < 1.29 is 19.1 Å². The molecule has 0 radical (unpaired) electrons. The largest absolute Gasteiger partial charge is 0.494 e. The van der Waals surface area contributed by atoms with Gasteiger partial charge in [0.15, 0.2) is 0 Å². The maximum atomic E-state index is 12.8. The highest BCUT2D eigenvalue weighted by Crippen LogP contribution is 2.25. The molecule has 33 heavy (non-hydrogen) atoms. The molecular formula is C25H32N4O4. The fourth-order valence-corrected chi connectivity index (χ4v) is 4.32. The minimum Gasteiger partial charge on any atom is -0.494 e. The van der Waals surface area contributed by atoms with Gasteiger partial charge in [0.1, 0.15) is 18.4 Å². The number of carbonyl (C=O) groups excluding carboxylic acids is 2. The Hall–Kier alpha value is -3.29. The van der Waals surface area contributed by atoms with E-state index in [2.05, 4.69) is 10.3 Å². The van der Waals surface area contributed by atoms with Gasteiger partial charge in [-0.15, -0.1) is 0 Å². The molecule has 8 heteroatoms. The van der Waals surface area contributed by atoms with Crippen molar-refractivity contribution in [2.24, 2.45) is 0 Å². The van der Waals surface area contributed by atoms with E-state index in [0.717, 1.165) is 42.7 Å². The quantitative estimate of drug-likeness (QED) is 0.662. The zero-order valence-electron chi connectivity index (χ0n) is 19.3. The number of nitrogens with one attached hydrogen (secondary N) is 1. The lowest BCUT2D eigenvalue weighted by atomic mass is 9.93. The van der Waals surface area contributed by atoms with Gasteiger partial charge in [-0.1, -0.05) is 6.07 Å². The lowest BCUT2D eigenvalue weighted by Crippen LogP contribution is -2.45. The zero-order chi connectivity index (χ0) is 23.2. The van der Waals surface area contributed by atoms with Gasteiger partial charge in [-0.25, -0.2) is 9.78 Å². The number of aryl methyl sites for hydroxylation is 1. The van der Waals surface area contributed by atoms with Gasteiger partial charge >= 0.3 is 6.03 Å². The number of nitrogens with zero attached hydrogens (tertiary/aromatic N) is 3. The van der Waals surface area contributed by atoms with E-state index in [4.69, 9.17) is 9.47 Å². The molecule has 0 bridgehead atoms. The Kier molecular flexibility index (Phi) is 7.32. The monoisotopic (exact) mass is 452 g/mol. The molecule has 1 aliphatic heterocycles. The molecule has 2 aliphatic rings. The van der Waals surface area contributed by atoms with Crippen molar-refractivity contribution in [1.82, 2.24) is 15.2 Å². The Bertz CT molecular complexity index is 940. The first-order valence-corrected chi connectivity index (χ1v) is 11.7. The summed E-state index contributed by atoms with van der Waals surface area (Å²) in [5.74, 6) is 1.32. The highest BCUT2D eigenvalue weighted by Gasteiger charge is 2.32. The van der Waals surface area contributed by atoms with Crippen molar-refractivity contribution in [2.75, 3.05) is 31.1 Å². The number of hydrogen-bond donors (Lipinski definition) is 1. The summed E-state index contributed by atoms with van der Waals surface area (Å²) in [6.07, 6.45) is 5.38. The minimum atomic E-state index is -0.142. The number of hydrogen-bond acceptors (Lipinski definition) is 5. The standard InChI is InChI=1S/C25H32N4O4/c1-3-32-21-11-7-20(8-12-21)29-15-14-28(25(29)31)17-23(30)27-19-5-9-22(10-6-19)33-24-13-4-18(2)16-26-24/h4,7-8,11-13,16,19,22H,3,5-6,9-10,14-15,17H2,1-2H3,(H,27,30). The Balaban J connectivity index is 1.21. The third kappa shape index (κ3) is 5.94. The molecule has 2 aromatic rings. The highest BCUT2D eigenvalue weighted by atomic mass is 16.5. The van der Waals surface area contributed by atoms with Crippen LogP contribution in [0.4, 0.5) is 10.5 Å². The lowest BCUT2D eigenvalue weighted by molar-refractivity contribution is -0.122. The average molecular weight is 453 g/mol. The number of rotatable bonds is 8. The zero-order valence-corrected chi connectivity index (χ0v) is 19.3. The normalized spacial score (nSPS) is 20.6. The van der Waals surface area contributed by atoms with Crippen molar-refractivity contribution in [3.05, 3.63) is 48.2 Å². The summed E-state index contributed by atoms with van der Waals surface area (Å²) < 4.78 is 11.4. The van der Waals surface area contributed by atoms with Gasteiger partial charge in [0.05, 0.1) is 6.61 Å². The van der Waals surface area contributed by atoms with Crippen molar-refractivity contribution in [3.8, 4) is 11.6 Å². The number of urea groups is 1. The van der Waals surface area contributed by atoms with E-state index in [1.807, 2.05) is 50.2 Å². The van der Waals surface area contributed by atoms with Crippen LogP contribution in [0.1, 0.15) is 38.2 Å². The van der Waals surface area contributed by atoms with Crippen LogP contribution in [0.15, 0.2) is 42.6 Å². The molecular weight excluding hydrogens is 420 g/mol. The molecule has 0 unspecified atom stereocenters. The molecule has 0 spiro atoms. The molecule has 1 saturated heterocycles. The summed E-state index contributed by atoms with van der Waals surface area (Å²) in [5.41, 5.74) is 1.92. The molecule has 176 valence electrons. The van der Waals surface area contributed by atoms with Crippen molar-refractivity contribution >= 4 is 17.6 Å². The predicted molar refractivity (Wildman–Crippen MR) is 126 cm³/mol. The first kappa shape index (κ1) is 22.9. The number of carbonyl (C=O) groups is 2. The maximum absolute atomic E-state index is 12.8. The molecule has 1 aromatic carbocycles. The topological polar surface area (TPSA) is 84.0 Å². The van der Waals surface area contributed by atoms with Crippen LogP contribution >= 0.6 is 0 Å². The number of amides is 3. The summed E-state index contributed by atoms with van der Waals surface area (Å²) in [6.45, 7) is 5.71. The summed E-state index contributed by atoms with van der Waals surface area (Å²) >= 11 is 0. The smallest absolute Gasteiger partial charge is 0.325 e. The van der Waals surface area contributed by atoms with Crippen molar-refractivity contribution in [3.63, 3.8) is 0 Å². The van der Waals surface area contributed by atoms with Gasteiger partial charge in [-0.3, -0.25) is 9.69 Å². The summed E-state index contributed by atoms with van der Waals surface area (Å²) in [4.78, 5) is 33.0. The average Bonchev–Trinajstić information content (AvgIpc) is 3.17. The molecule has 1 N–H and O–H groups in total. The first-order valence-electron chi connectivity index (χ1n) is 11.7. The summed E-state index contributed by atoms with van der Waals surface area (Å²) in [6, 6.07) is 11.3. The van der Waals surface area contributed by atoms with E-state index >= 15 is 0 Å². The minimum absolute atomic E-state index is 0.0794. The van der Waals surface area contributed by atoms with Gasteiger partial charge < -0.3 is 19.7 Å². The van der Waals surface area contributed by atoms with Gasteiger partial charge in [0.2, 0.25) is 11.8 Å². The van der Waals surface area contributed by atoms with Crippen LogP contribution in [0.5, 0.6) is 11.6 Å². The number of benzene rings is 1. The molecule has 1 saturated carbocycles. The third-order valence-electron chi connectivity index (χ3n) is 6.10. The van der Waals surface area contributed by atoms with Crippen LogP contribution < -0.4 is 19.7 Å². The van der Waals surface area contributed by atoms with E-state index < -0.39 is 0 Å². The number of pyridine rings is 1. The van der Waals surface area contributed by atoms with E-state index in [-0.39, 0.29) is 30.6 Å². The first-order chi connectivity index (χ1) is 16.0. The van der Waals surface area contributed by atoms with E-state index in [1.165, 1.54) is 0 Å². The van der Waals surface area contributed by atoms with Crippen LogP contribution in [0.2, 0.25) is 0 Å². The Morgan fingerprint density at radius 1 is 1.09 bits per heavy atom. The molecule has 8 nitrogen and oxygen atoms in total. The Morgan fingerprint density at radius 2 is 1.85 bits per heavy atom. The number of anilines is 1. The molecule has 2 heterocycles. The molecule has 0 atom stereocenters. The van der Waals surface area contributed by atoms with Gasteiger partial charge in [-0.2, -0.15) is 0 Å². The maximum Gasteiger partial charge on any atom is 0.325 e. The fraction of sp³-hybridized carbons (Fsp3) is 0.480. The molecule has 2 fully saturated rings. The molecule has 4 rings (SSSR count). The lowest BCUT2D eigenvalue weighted by Gasteiger charge is -2.29. The van der Waals surface area contributed by atoms with Gasteiger partial charge in [0, 0.05) is 37.1 Å². The fourth-order valence-electron chi connectivity index (χ4n) is 4.32. The second-order valence-corrected chi connectivity index (χ2v) is 8.62. The third-order valence-corrected chi connectivity index (χ3v) is 6.10. The Morgan fingerprint density at radius 3 is 2.52 bits per heavy atom. The van der Waals surface area contributed by atoms with Crippen LogP contribution in [0, 0.1) is 6.92 Å². The van der Waals surface area contributed by atoms with Crippen molar-refractivity contribution in [1.29, 1.82) is 0 Å². The van der Waals surface area contributed by atoms with Crippen LogP contribution in [0.3, 0.4) is 0 Å². The van der Waals surface area contributed by atoms with Gasteiger partial charge in [-0.05, 0) is 69.4 Å². The molecule has 1 aliphatic carbocycles. The second kappa shape index (κ2) is 10.6. The van der Waals surface area contributed by atoms with Gasteiger partial charge in [0.25, 0.3) is 0 Å². The van der Waals surface area contributed by atoms with Crippen molar-refractivity contribution in [2.45, 2.75) is 51.7 Å². The van der Waals surface area contributed by atoms with E-state index in [9.17, 15) is 9.59 Å². The number of aromatic nitrogens is 1. The van der Waals surface area contributed by atoms with Crippen LogP contribution in [0.25, 0.3) is 0 Å². The van der Waals surface area contributed by atoms with Crippen LogP contribution in [-0.4, -0.2) is 60.2 Å². The molecule has 3 amide bonds. The van der Waals surface area contributed by atoms with E-state index in [0.29, 0.717) is 25.6 Å². The summed E-state index contributed by atoms with van der Waals surface area (Å²) in [5, 5.41) is 3.10. The highest BCUT2D eigenvalue weighted by molar-refractivity contribution is 5.96. The van der Waals surface area contributed by atoms with E-state index in [1.54, 1.807) is 16.0 Å². The van der Waals surface area contributed by atoms with Crippen LogP contribution in [-0.2, 0) is 4.79 Å². The predicted octanol–water partition coefficient (Wildman–Crippen LogP) is 3.54.